The molecule has 49 heavy (non-hydrogen) atoms. The van der Waals surface area contributed by atoms with Gasteiger partial charge in [0.1, 0.15) is 17.8 Å². The summed E-state index contributed by atoms with van der Waals surface area (Å²) >= 11 is 5.85. The lowest BCUT2D eigenvalue weighted by molar-refractivity contribution is -0.224. The molecule has 0 radical (unpaired) electrons. The van der Waals surface area contributed by atoms with Gasteiger partial charge < -0.3 is 25.4 Å². The van der Waals surface area contributed by atoms with Crippen LogP contribution < -0.4 is 20.7 Å². The molecule has 0 heterocycles. The number of carbonyl (C=O) groups is 3. The Labute approximate surface area is 284 Å². The molecule has 0 aliphatic rings. The van der Waals surface area contributed by atoms with Crippen molar-refractivity contribution in [3.8, 4) is 11.8 Å². The zero-order valence-electron chi connectivity index (χ0n) is 26.8. The van der Waals surface area contributed by atoms with E-state index in [1.807, 2.05) is 11.4 Å². The molecule has 1 unspecified atom stereocenters. The molecule has 4 atom stereocenters. The van der Waals surface area contributed by atoms with Crippen LogP contribution in [0.2, 0.25) is 5.02 Å². The lowest BCUT2D eigenvalue weighted by Crippen LogP contribution is -2.57. The number of carbonyl (C=O) groups excluding carboxylic acids is 3. The van der Waals surface area contributed by atoms with Crippen LogP contribution in [0.25, 0.3) is 0 Å². The summed E-state index contributed by atoms with van der Waals surface area (Å²) in [6.07, 6.45) is -7.75. The van der Waals surface area contributed by atoms with Gasteiger partial charge in [-0.3, -0.25) is 14.4 Å². The van der Waals surface area contributed by atoms with Crippen molar-refractivity contribution in [1.82, 2.24) is 16.0 Å². The molecule has 0 saturated heterocycles. The summed E-state index contributed by atoms with van der Waals surface area (Å²) in [7, 11) is 2.22. The standard InChI is InChI=1S/C34H34ClF5N4O5/c1-19(2)27(29(49-4)34(38,39)40)43-31(46)28(20-12-14-25(48-3)15-13-20)44-30(45)26(16-21-8-5-6-9-22(21)18-41)42-32(47)33(36,37)23-10-7-11-24(35)17-23/h5-15,17,19,26-29H,16H2,1-4H3,(H,42,47)(H,43,46)(H,44,45)/t26-,27-,28-,29?/m0/s1. The highest BCUT2D eigenvalue weighted by Gasteiger charge is 2.48. The number of hydrogen-bond acceptors (Lipinski definition) is 6. The molecule has 3 aromatic carbocycles. The highest BCUT2D eigenvalue weighted by Crippen LogP contribution is 2.31. The van der Waals surface area contributed by atoms with Gasteiger partial charge in [0, 0.05) is 24.1 Å². The molecule has 3 rings (SSSR count). The smallest absolute Gasteiger partial charge is 0.416 e. The number of benzene rings is 3. The molecule has 0 aliphatic heterocycles. The van der Waals surface area contributed by atoms with Crippen LogP contribution in [0.1, 0.15) is 42.1 Å². The molecule has 0 fully saturated rings. The van der Waals surface area contributed by atoms with Crippen molar-refractivity contribution >= 4 is 29.3 Å². The molecule has 3 amide bonds. The number of alkyl halides is 5. The Bertz CT molecular complexity index is 1660. The quantitative estimate of drug-likeness (QED) is 0.187. The van der Waals surface area contributed by atoms with Gasteiger partial charge in [-0.25, -0.2) is 0 Å². The molecule has 0 spiro atoms. The molecule has 9 nitrogen and oxygen atoms in total. The van der Waals surface area contributed by atoms with Crippen LogP contribution in [-0.4, -0.2) is 56.3 Å². The van der Waals surface area contributed by atoms with E-state index >= 15 is 8.78 Å². The fraction of sp³-hybridized carbons (Fsp3) is 0.353. The Morgan fingerprint density at radius 2 is 1.53 bits per heavy atom. The number of halogens is 6. The van der Waals surface area contributed by atoms with Gasteiger partial charge in [0.15, 0.2) is 6.10 Å². The van der Waals surface area contributed by atoms with E-state index in [0.717, 1.165) is 19.2 Å². The predicted octanol–water partition coefficient (Wildman–Crippen LogP) is 5.62. The minimum atomic E-state index is -4.87. The van der Waals surface area contributed by atoms with Gasteiger partial charge in [0.25, 0.3) is 5.91 Å². The molecule has 3 aromatic rings. The van der Waals surface area contributed by atoms with E-state index in [1.165, 1.54) is 81.6 Å². The highest BCUT2D eigenvalue weighted by molar-refractivity contribution is 6.30. The van der Waals surface area contributed by atoms with Crippen LogP contribution >= 0.6 is 11.6 Å². The van der Waals surface area contributed by atoms with Crippen LogP contribution in [0.5, 0.6) is 5.75 Å². The van der Waals surface area contributed by atoms with E-state index in [4.69, 9.17) is 16.3 Å². The van der Waals surface area contributed by atoms with Crippen molar-refractivity contribution in [1.29, 1.82) is 5.26 Å². The number of nitrogens with zero attached hydrogens (tertiary/aromatic N) is 1. The topological polar surface area (TPSA) is 130 Å². The normalized spacial score (nSPS) is 14.2. The second-order valence-electron chi connectivity index (χ2n) is 11.3. The van der Waals surface area contributed by atoms with Crippen LogP contribution in [-0.2, 0) is 31.5 Å². The van der Waals surface area contributed by atoms with Gasteiger partial charge in [0.05, 0.1) is 24.8 Å². The summed E-state index contributed by atoms with van der Waals surface area (Å²) in [6.45, 7) is 2.87. The summed E-state index contributed by atoms with van der Waals surface area (Å²) in [5, 5.41) is 16.2. The number of ether oxygens (including phenoxy) is 2. The SMILES string of the molecule is COc1ccc([C@H](NC(=O)[C@H](Cc2ccccc2C#N)NC(=O)C(F)(F)c2cccc(Cl)c2)C(=O)N[C@@H](C(C)C)C(OC)C(F)(F)F)cc1. The van der Waals surface area contributed by atoms with Gasteiger partial charge in [-0.1, -0.05) is 67.9 Å². The maximum absolute atomic E-state index is 15.4. The van der Waals surface area contributed by atoms with Crippen LogP contribution in [0.4, 0.5) is 22.0 Å². The van der Waals surface area contributed by atoms with Crippen molar-refractivity contribution in [2.45, 2.75) is 56.6 Å². The molecule has 0 saturated carbocycles. The first-order chi connectivity index (χ1) is 23.0. The van der Waals surface area contributed by atoms with E-state index in [2.05, 4.69) is 15.4 Å². The minimum Gasteiger partial charge on any atom is -0.497 e. The van der Waals surface area contributed by atoms with Crippen molar-refractivity contribution in [2.24, 2.45) is 5.92 Å². The third-order valence-corrected chi connectivity index (χ3v) is 7.82. The second kappa shape index (κ2) is 16.6. The summed E-state index contributed by atoms with van der Waals surface area (Å²) in [6, 6.07) is 12.7. The maximum atomic E-state index is 15.4. The lowest BCUT2D eigenvalue weighted by Gasteiger charge is -2.33. The Balaban J connectivity index is 2.04. The average Bonchev–Trinajstić information content (AvgIpc) is 3.06. The van der Waals surface area contributed by atoms with Crippen molar-refractivity contribution in [3.05, 3.63) is 100 Å². The van der Waals surface area contributed by atoms with Gasteiger partial charge in [0.2, 0.25) is 11.8 Å². The minimum absolute atomic E-state index is 0.0727. The summed E-state index contributed by atoms with van der Waals surface area (Å²) in [4.78, 5) is 40.7. The van der Waals surface area contributed by atoms with Gasteiger partial charge in [-0.05, 0) is 47.4 Å². The van der Waals surface area contributed by atoms with Gasteiger partial charge in [-0.2, -0.15) is 27.2 Å². The first kappa shape index (κ1) is 38.7. The fourth-order valence-electron chi connectivity index (χ4n) is 4.96. The predicted molar refractivity (Wildman–Crippen MR) is 170 cm³/mol. The summed E-state index contributed by atoms with van der Waals surface area (Å²) in [5.74, 6) is -8.75. The van der Waals surface area contributed by atoms with E-state index in [1.54, 1.807) is 0 Å². The first-order valence-electron chi connectivity index (χ1n) is 14.8. The maximum Gasteiger partial charge on any atom is 0.416 e. The number of hydrogen-bond donors (Lipinski definition) is 3. The number of nitrogens with one attached hydrogen (secondary N) is 3. The molecule has 15 heteroatoms. The Morgan fingerprint density at radius 3 is 2.08 bits per heavy atom. The zero-order chi connectivity index (χ0) is 36.5. The Morgan fingerprint density at radius 1 is 0.878 bits per heavy atom. The average molecular weight is 709 g/mol. The summed E-state index contributed by atoms with van der Waals surface area (Å²) in [5.41, 5.74) is -0.392. The Kier molecular flexibility index (Phi) is 13.1. The first-order valence-corrected chi connectivity index (χ1v) is 15.2. The van der Waals surface area contributed by atoms with Crippen molar-refractivity contribution < 1.29 is 45.8 Å². The fourth-order valence-corrected chi connectivity index (χ4v) is 5.15. The lowest BCUT2D eigenvalue weighted by atomic mass is 9.96. The highest BCUT2D eigenvalue weighted by atomic mass is 35.5. The Hall–Kier alpha value is -4.74. The van der Waals surface area contributed by atoms with Crippen molar-refractivity contribution in [2.75, 3.05) is 14.2 Å². The molecule has 0 bridgehead atoms. The van der Waals surface area contributed by atoms with E-state index in [0.29, 0.717) is 5.75 Å². The van der Waals surface area contributed by atoms with Crippen LogP contribution in [0.15, 0.2) is 72.8 Å². The third-order valence-electron chi connectivity index (χ3n) is 7.58. The molecule has 0 aromatic heterocycles. The zero-order valence-corrected chi connectivity index (χ0v) is 27.5. The van der Waals surface area contributed by atoms with Gasteiger partial charge in [-0.15, -0.1) is 0 Å². The van der Waals surface area contributed by atoms with Gasteiger partial charge >= 0.3 is 12.1 Å². The number of rotatable bonds is 14. The molecule has 0 aliphatic carbocycles. The molecular formula is C34H34ClF5N4O5. The summed E-state index contributed by atoms with van der Waals surface area (Å²) < 4.78 is 82.1. The van der Waals surface area contributed by atoms with E-state index < -0.39 is 72.0 Å². The van der Waals surface area contributed by atoms with Crippen LogP contribution in [0, 0.1) is 17.2 Å². The number of amides is 3. The number of nitriles is 1. The largest absolute Gasteiger partial charge is 0.497 e. The molecular weight excluding hydrogens is 675 g/mol. The second-order valence-corrected chi connectivity index (χ2v) is 11.7. The molecule has 262 valence electrons. The van der Waals surface area contributed by atoms with Crippen LogP contribution in [0.3, 0.4) is 0 Å². The van der Waals surface area contributed by atoms with E-state index in [9.17, 15) is 32.8 Å². The third kappa shape index (κ3) is 9.90. The van der Waals surface area contributed by atoms with E-state index in [-0.39, 0.29) is 21.7 Å². The molecule has 3 N–H and O–H groups in total. The number of methoxy groups -OCH3 is 2. The van der Waals surface area contributed by atoms with Crippen molar-refractivity contribution in [3.63, 3.8) is 0 Å². The monoisotopic (exact) mass is 708 g/mol.